The molecule has 0 spiro atoms. The van der Waals surface area contributed by atoms with Crippen molar-refractivity contribution in [2.45, 2.75) is 12.0 Å². The molecule has 13 nitrogen and oxygen atoms in total. The Labute approximate surface area is 351 Å². The molecule has 5 aromatic carbocycles. The molecule has 5 aromatic rings. The van der Waals surface area contributed by atoms with Crippen molar-refractivity contribution in [3.05, 3.63) is 181 Å². The van der Waals surface area contributed by atoms with Crippen LogP contribution < -0.4 is 18.9 Å². The normalized spacial score (nSPS) is 11.9. The third kappa shape index (κ3) is 11.3. The lowest BCUT2D eigenvalue weighted by atomic mass is 9.97. The lowest BCUT2D eigenvalue weighted by Gasteiger charge is -2.17. The van der Waals surface area contributed by atoms with Crippen LogP contribution in [-0.2, 0) is 28.6 Å². The molecule has 0 bridgehead atoms. The molecule has 6 rings (SSSR count). The lowest BCUT2D eigenvalue weighted by Crippen LogP contribution is -2.30. The van der Waals surface area contributed by atoms with Gasteiger partial charge in [-0.15, -0.1) is 0 Å². The minimum absolute atomic E-state index is 0.0201. The Bertz CT molecular complexity index is 2430. The summed E-state index contributed by atoms with van der Waals surface area (Å²) < 4.78 is 37.5. The van der Waals surface area contributed by atoms with Crippen LogP contribution in [0.25, 0.3) is 11.1 Å². The Morgan fingerprint density at radius 2 is 1.15 bits per heavy atom. The van der Waals surface area contributed by atoms with Gasteiger partial charge in [0.15, 0.2) is 6.10 Å². The number of carbonyl (C=O) groups is 5. The molecule has 0 saturated carbocycles. The predicted octanol–water partition coefficient (Wildman–Crippen LogP) is 7.63. The van der Waals surface area contributed by atoms with Gasteiger partial charge in [-0.2, -0.15) is 0 Å². The van der Waals surface area contributed by atoms with Crippen LogP contribution in [0, 0.1) is 0 Å². The molecule has 61 heavy (non-hydrogen) atoms. The monoisotopic (exact) mass is 821 g/mol. The van der Waals surface area contributed by atoms with Gasteiger partial charge in [-0.1, -0.05) is 68.3 Å². The standard InChI is InChI=1S/C48H39NO12/c1-4-44(50)56-29-37(59-46(52)6-3)28-55-33-19-21-35(22-20-33)60-48(54)38-24-23-36(61-47(53)31-15-17-34(18-16-31)57-30-58-45(51)5-2)25-32(38)26-49-27-43-41-13-9-7-11-39(41)40-12-8-10-14-42(40)43/h4-26,37,43H,1-3,27-30H2/b49-26+. The Balaban J connectivity index is 1.17. The van der Waals surface area contributed by atoms with Crippen LogP contribution in [-0.4, -0.2) is 68.7 Å². The summed E-state index contributed by atoms with van der Waals surface area (Å²) in [6.45, 7) is 9.64. The third-order valence-electron chi connectivity index (χ3n) is 9.12. The van der Waals surface area contributed by atoms with E-state index in [2.05, 4.69) is 44.0 Å². The fraction of sp³-hybridized carbons (Fsp3) is 0.125. The van der Waals surface area contributed by atoms with Crippen LogP contribution in [0.3, 0.4) is 0 Å². The summed E-state index contributed by atoms with van der Waals surface area (Å²) in [6.07, 6.45) is 3.60. The van der Waals surface area contributed by atoms with Gasteiger partial charge >= 0.3 is 29.8 Å². The number of nitrogens with zero attached hydrogens (tertiary/aromatic N) is 1. The molecule has 0 aromatic heterocycles. The number of carbonyl (C=O) groups excluding carboxylic acids is 5. The lowest BCUT2D eigenvalue weighted by molar-refractivity contribution is -0.154. The molecular weight excluding hydrogens is 783 g/mol. The van der Waals surface area contributed by atoms with Crippen molar-refractivity contribution >= 4 is 36.1 Å². The molecule has 0 saturated heterocycles. The zero-order valence-electron chi connectivity index (χ0n) is 32.7. The molecule has 1 atom stereocenters. The maximum Gasteiger partial charge on any atom is 0.344 e. The first-order valence-electron chi connectivity index (χ1n) is 18.8. The largest absolute Gasteiger partial charge is 0.490 e. The molecule has 1 unspecified atom stereocenters. The fourth-order valence-electron chi connectivity index (χ4n) is 6.20. The van der Waals surface area contributed by atoms with Crippen LogP contribution in [0.5, 0.6) is 23.0 Å². The Hall–Kier alpha value is -8.06. The number of esters is 5. The molecule has 0 amide bonds. The van der Waals surface area contributed by atoms with E-state index in [9.17, 15) is 24.0 Å². The molecule has 308 valence electrons. The van der Waals surface area contributed by atoms with Crippen molar-refractivity contribution in [2.24, 2.45) is 4.99 Å². The van der Waals surface area contributed by atoms with Gasteiger partial charge in [0.05, 0.1) is 11.1 Å². The van der Waals surface area contributed by atoms with Gasteiger partial charge in [-0.25, -0.2) is 24.0 Å². The van der Waals surface area contributed by atoms with E-state index < -0.39 is 36.0 Å². The maximum absolute atomic E-state index is 13.7. The Morgan fingerprint density at radius 1 is 0.590 bits per heavy atom. The SMILES string of the molecule is C=CC(=O)OCOc1ccc(C(=O)Oc2ccc(C(=O)Oc3ccc(OCC(COC(=O)C=C)OC(=O)C=C)cc3)c(/C=N/CC3c4ccccc4-c4ccccc43)c2)cc1. The molecule has 0 radical (unpaired) electrons. The van der Waals surface area contributed by atoms with Crippen molar-refractivity contribution in [3.8, 4) is 34.1 Å². The molecular formula is C48H39NO12. The molecule has 0 heterocycles. The molecule has 1 aliphatic carbocycles. The topological polar surface area (TPSA) is 162 Å². The van der Waals surface area contributed by atoms with Crippen LogP contribution in [0.1, 0.15) is 43.3 Å². The number of fused-ring (bicyclic) bond motifs is 3. The van der Waals surface area contributed by atoms with Crippen LogP contribution in [0.2, 0.25) is 0 Å². The van der Waals surface area contributed by atoms with E-state index in [-0.39, 0.29) is 48.6 Å². The molecule has 0 fully saturated rings. The summed E-state index contributed by atoms with van der Waals surface area (Å²) in [5.41, 5.74) is 5.29. The second-order valence-corrected chi connectivity index (χ2v) is 13.1. The summed E-state index contributed by atoms with van der Waals surface area (Å²) in [7, 11) is 0. The summed E-state index contributed by atoms with van der Waals surface area (Å²) >= 11 is 0. The van der Waals surface area contributed by atoms with Crippen molar-refractivity contribution in [1.29, 1.82) is 0 Å². The predicted molar refractivity (Wildman–Crippen MR) is 224 cm³/mol. The van der Waals surface area contributed by atoms with Crippen LogP contribution in [0.15, 0.2) is 158 Å². The highest BCUT2D eigenvalue weighted by Crippen LogP contribution is 2.44. The summed E-state index contributed by atoms with van der Waals surface area (Å²) in [4.78, 5) is 66.2. The van der Waals surface area contributed by atoms with Gasteiger partial charge in [0.2, 0.25) is 6.79 Å². The first-order chi connectivity index (χ1) is 29.6. The molecule has 1 aliphatic rings. The van der Waals surface area contributed by atoms with Gasteiger partial charge in [0.25, 0.3) is 0 Å². The van der Waals surface area contributed by atoms with Crippen molar-refractivity contribution < 1.29 is 57.1 Å². The second kappa shape index (κ2) is 20.6. The second-order valence-electron chi connectivity index (χ2n) is 13.1. The van der Waals surface area contributed by atoms with E-state index in [1.807, 2.05) is 24.3 Å². The maximum atomic E-state index is 13.7. The highest BCUT2D eigenvalue weighted by molar-refractivity contribution is 6.01. The van der Waals surface area contributed by atoms with E-state index in [0.717, 1.165) is 40.5 Å². The average molecular weight is 822 g/mol. The Kier molecular flexibility index (Phi) is 14.3. The first-order valence-corrected chi connectivity index (χ1v) is 18.8. The first kappa shape index (κ1) is 42.5. The molecule has 0 aliphatic heterocycles. The average Bonchev–Trinajstić information content (AvgIpc) is 3.60. The minimum Gasteiger partial charge on any atom is -0.490 e. The number of hydrogen-bond acceptors (Lipinski definition) is 13. The number of rotatable bonds is 19. The number of benzene rings is 5. The summed E-state index contributed by atoms with van der Waals surface area (Å²) in [5, 5.41) is 0. The van der Waals surface area contributed by atoms with Crippen molar-refractivity contribution in [1.82, 2.24) is 0 Å². The van der Waals surface area contributed by atoms with Gasteiger partial charge in [-0.3, -0.25) is 4.99 Å². The summed E-state index contributed by atoms with van der Waals surface area (Å²) in [5.74, 6) is -2.41. The molecule has 0 N–H and O–H groups in total. The smallest absolute Gasteiger partial charge is 0.344 e. The quantitative estimate of drug-likeness (QED) is 0.0200. The van der Waals surface area contributed by atoms with E-state index >= 15 is 0 Å². The van der Waals surface area contributed by atoms with E-state index in [0.29, 0.717) is 23.6 Å². The third-order valence-corrected chi connectivity index (χ3v) is 9.12. The van der Waals surface area contributed by atoms with E-state index in [1.54, 1.807) is 18.3 Å². The van der Waals surface area contributed by atoms with Gasteiger partial charge < -0.3 is 33.2 Å². The number of ether oxygens (including phenoxy) is 7. The highest BCUT2D eigenvalue weighted by Gasteiger charge is 2.27. The number of aliphatic imine (C=N–C) groups is 1. The van der Waals surface area contributed by atoms with E-state index in [4.69, 9.17) is 38.2 Å². The summed E-state index contributed by atoms with van der Waals surface area (Å²) in [6, 6.07) is 33.0. The van der Waals surface area contributed by atoms with Crippen LogP contribution in [0.4, 0.5) is 0 Å². The zero-order valence-corrected chi connectivity index (χ0v) is 32.7. The fourth-order valence-corrected chi connectivity index (χ4v) is 6.20. The van der Waals surface area contributed by atoms with E-state index in [1.165, 1.54) is 54.6 Å². The van der Waals surface area contributed by atoms with Crippen molar-refractivity contribution in [3.63, 3.8) is 0 Å². The number of hydrogen-bond donors (Lipinski definition) is 0. The highest BCUT2D eigenvalue weighted by atomic mass is 16.7. The molecule has 13 heteroatoms. The Morgan fingerprint density at radius 3 is 1.80 bits per heavy atom. The van der Waals surface area contributed by atoms with Gasteiger partial charge in [-0.05, 0) is 89.0 Å². The van der Waals surface area contributed by atoms with Crippen LogP contribution >= 0.6 is 0 Å². The zero-order chi connectivity index (χ0) is 43.1. The van der Waals surface area contributed by atoms with Gasteiger partial charge in [0.1, 0.15) is 36.2 Å². The van der Waals surface area contributed by atoms with Crippen molar-refractivity contribution in [2.75, 3.05) is 26.6 Å². The minimum atomic E-state index is -0.936. The van der Waals surface area contributed by atoms with Gasteiger partial charge in [0, 0.05) is 42.5 Å².